The van der Waals surface area contributed by atoms with Crippen molar-refractivity contribution in [2.75, 3.05) is 124 Å². The Bertz CT molecular complexity index is 4940. The van der Waals surface area contributed by atoms with Gasteiger partial charge in [-0.05, 0) is 181 Å². The van der Waals surface area contributed by atoms with Crippen LogP contribution in [-0.2, 0) is 34.0 Å². The molecule has 8 aliphatic rings. The van der Waals surface area contributed by atoms with Gasteiger partial charge in [-0.25, -0.2) is 59.3 Å². The normalized spacial score (nSPS) is 20.6. The van der Waals surface area contributed by atoms with Crippen LogP contribution in [0.4, 0.5) is 52.7 Å². The molecule has 0 saturated carbocycles. The second kappa shape index (κ2) is 52.7. The molecule has 35 heteroatoms. The van der Waals surface area contributed by atoms with E-state index in [0.717, 1.165) is 162 Å². The van der Waals surface area contributed by atoms with Gasteiger partial charge in [0, 0.05) is 211 Å². The number of nitrogens with zero attached hydrogens (tertiary/aromatic N) is 5. The second-order valence-corrected chi connectivity index (χ2v) is 35.1. The first-order valence-electron chi connectivity index (χ1n) is 43.5. The summed E-state index contributed by atoms with van der Waals surface area (Å²) in [6, 6.07) is 26.6. The molecule has 7 N–H and O–H groups in total. The number of ketones is 1. The first-order chi connectivity index (χ1) is 62.1. The number of nitrogens with one attached hydrogen (secondary N) is 3. The molecule has 0 aromatic heterocycles. The number of aryl methyl sites for hydroxylation is 1. The summed E-state index contributed by atoms with van der Waals surface area (Å²) in [7, 11) is 0. The quantitative estimate of drug-likeness (QED) is 0.0153. The van der Waals surface area contributed by atoms with Gasteiger partial charge in [0.1, 0.15) is 69.8 Å². The molecule has 7 aliphatic heterocycles. The lowest BCUT2D eigenvalue weighted by Crippen LogP contribution is -2.47. The standard InChI is InChI=1S/C19H27ClN2O.C16H20F2N2O2.C16H18F2N2O.C16H19F2NO3.C13H17F2NO2.C8H7ClF2O.C8H5ClF2O.ClH/c1-12-9-14-15(10-17(12)20)19(5-7-21-8-6-19)11-16(14)18(3,4)22-13(2)23;17-12-2-3-14(15(18)10-12)16(21)11-20(7-1-6-19)13-4-8-22-9-5-13;1-19-16-10-20(12-4-6-21-7-5-12)9-14(16)13-3-2-11(17)8-15(13)18;17-10-1-2-12(15(18)7-10)13-8-19(9-14(13)16(20)21)11-3-5-22-6-4-11;14-9-1-2-11(12(15)7-9)13(17)8-16-10-3-5-18-6-4-10;2*9-4-8(12)6-2-1-5(10)3-7(6)11;/h9-10,16,21H,5-8,11H2,1-4H3,(H,22,23);2-3,10,13,16,21H,1,4-5,7-9,11H2;2-3,8,12,14,16H,4-7,9-10H2;1-2,7,11,13-14H,3-6,8-9H2,(H,20,21);1-2,7,10,13,16-17H,3-6,8H2;1-3,8,12H,4H2;1-3H,4H2;1H/t2*16-;14-,16?;13-,14+;13-;8-;;/m110011../s1. The maximum absolute atomic E-state index is 14.0. The molecule has 15 rings (SSSR count). The number of aliphatic carboxylic acids is 1. The number of aliphatic hydroxyl groups excluding tert-OH is 3. The Kier molecular flexibility index (Phi) is 43.6. The predicted molar refractivity (Wildman–Crippen MR) is 477 cm³/mol. The number of piperidine rings is 1. The van der Waals surface area contributed by atoms with Gasteiger partial charge < -0.3 is 60.2 Å². The van der Waals surface area contributed by atoms with Crippen LogP contribution < -0.4 is 16.0 Å². The number of hydrogen-bond acceptors (Lipinski definition) is 16. The number of halogens is 16. The maximum atomic E-state index is 14.0. The van der Waals surface area contributed by atoms with Crippen molar-refractivity contribution in [1.29, 1.82) is 5.26 Å². The van der Waals surface area contributed by atoms with E-state index in [1.54, 1.807) is 6.92 Å². The molecule has 0 radical (unpaired) electrons. The largest absolute Gasteiger partial charge is 0.481 e. The topological polar surface area (TPSA) is 243 Å². The van der Waals surface area contributed by atoms with E-state index in [-0.39, 0.29) is 106 Å². The van der Waals surface area contributed by atoms with E-state index in [4.69, 9.17) is 70.7 Å². The number of carbonyl (C=O) groups excluding carboxylic acids is 2. The predicted octanol–water partition coefficient (Wildman–Crippen LogP) is 18.0. The summed E-state index contributed by atoms with van der Waals surface area (Å²) in [4.78, 5) is 44.1. The van der Waals surface area contributed by atoms with Crippen LogP contribution in [0.3, 0.4) is 0 Å². The zero-order valence-corrected chi connectivity index (χ0v) is 76.4. The fourth-order valence-electron chi connectivity index (χ4n) is 18.0. The molecule has 1 amide bonds. The van der Waals surface area contributed by atoms with E-state index >= 15 is 0 Å². The maximum Gasteiger partial charge on any atom is 0.308 e. The number of fused-ring (bicyclic) bond motifs is 2. The highest BCUT2D eigenvalue weighted by molar-refractivity contribution is 6.31. The average molecular weight is 1930 g/mol. The zero-order chi connectivity index (χ0) is 94.5. The van der Waals surface area contributed by atoms with E-state index in [0.29, 0.717) is 114 Å². The number of benzene rings is 7. The first-order valence-corrected chi connectivity index (χ1v) is 44.9. The summed E-state index contributed by atoms with van der Waals surface area (Å²) >= 11 is 16.9. The highest BCUT2D eigenvalue weighted by Crippen LogP contribution is 2.55. The fraction of sp³-hybridized carbons (Fsp3) is 0.510. The molecule has 7 aromatic rings. The Balaban J connectivity index is 0.000000190. The lowest BCUT2D eigenvalue weighted by atomic mass is 9.72. The number of carbonyl (C=O) groups is 3. The third-order valence-electron chi connectivity index (χ3n) is 25.0. The number of Topliss-reactive ketones (excluding diaryl/α,β-unsaturated/α-hetero) is 1. The lowest BCUT2D eigenvalue weighted by molar-refractivity contribution is -0.141. The van der Waals surface area contributed by atoms with Gasteiger partial charge >= 0.3 is 5.97 Å². The van der Waals surface area contributed by atoms with Crippen molar-refractivity contribution in [3.05, 3.63) is 258 Å². The van der Waals surface area contributed by atoms with Gasteiger partial charge in [-0.2, -0.15) is 5.26 Å². The number of carboxylic acids is 1. The van der Waals surface area contributed by atoms with Crippen molar-refractivity contribution in [3.8, 4) is 6.07 Å². The number of hydrogen-bond donors (Lipinski definition) is 7. The Morgan fingerprint density at radius 2 is 1.04 bits per heavy atom. The minimum Gasteiger partial charge on any atom is -0.481 e. The molecule has 19 nitrogen and oxygen atoms in total. The van der Waals surface area contributed by atoms with Crippen LogP contribution in [0.2, 0.25) is 5.02 Å². The summed E-state index contributed by atoms with van der Waals surface area (Å²) < 4.78 is 179. The molecular formula is C96H114Cl4F12N8O11. The van der Waals surface area contributed by atoms with E-state index in [2.05, 4.69) is 69.6 Å². The van der Waals surface area contributed by atoms with Crippen LogP contribution in [0.1, 0.15) is 189 Å². The highest BCUT2D eigenvalue weighted by Gasteiger charge is 2.50. The number of carboxylic acid groups (broad SMARTS) is 1. The summed E-state index contributed by atoms with van der Waals surface area (Å²) in [5.74, 6) is -11.0. The van der Waals surface area contributed by atoms with Gasteiger partial charge in [-0.15, -0.1) is 35.6 Å². The van der Waals surface area contributed by atoms with Crippen molar-refractivity contribution >= 4 is 64.9 Å². The van der Waals surface area contributed by atoms with Crippen LogP contribution in [0.15, 0.2) is 121 Å². The van der Waals surface area contributed by atoms with E-state index < -0.39 is 112 Å². The van der Waals surface area contributed by atoms with Gasteiger partial charge in [0.05, 0.1) is 60.1 Å². The van der Waals surface area contributed by atoms with Crippen LogP contribution in [-0.4, -0.2) is 212 Å². The number of ether oxygens (including phenoxy) is 4. The minimum atomic E-state index is -1.08. The molecule has 131 heavy (non-hydrogen) atoms. The molecule has 7 saturated heterocycles. The van der Waals surface area contributed by atoms with E-state index in [1.807, 2.05) is 4.90 Å². The molecule has 1 aliphatic carbocycles. The number of amides is 1. The van der Waals surface area contributed by atoms with Crippen LogP contribution in [0.25, 0.3) is 4.85 Å². The molecule has 1 unspecified atom stereocenters. The summed E-state index contributed by atoms with van der Waals surface area (Å²) in [6.07, 6.45) is 7.71. The molecule has 716 valence electrons. The van der Waals surface area contributed by atoms with Gasteiger partial charge in [0.25, 0.3) is 0 Å². The lowest BCUT2D eigenvalue weighted by Gasteiger charge is -2.38. The summed E-state index contributed by atoms with van der Waals surface area (Å²) in [5, 5.41) is 58.2. The van der Waals surface area contributed by atoms with Crippen LogP contribution in [0.5, 0.6) is 0 Å². The van der Waals surface area contributed by atoms with Gasteiger partial charge in [-0.1, -0.05) is 48.0 Å². The van der Waals surface area contributed by atoms with Crippen molar-refractivity contribution in [2.45, 2.75) is 182 Å². The summed E-state index contributed by atoms with van der Waals surface area (Å²) in [5.41, 5.74) is 4.68. The van der Waals surface area contributed by atoms with E-state index in [1.165, 1.54) is 53.6 Å². The van der Waals surface area contributed by atoms with E-state index in [9.17, 15) is 82.4 Å². The minimum absolute atomic E-state index is 0. The average Bonchev–Trinajstić information content (AvgIpc) is 1.57. The van der Waals surface area contributed by atoms with Crippen LogP contribution >= 0.6 is 47.2 Å². The molecule has 7 fully saturated rings. The van der Waals surface area contributed by atoms with Crippen molar-refractivity contribution in [3.63, 3.8) is 0 Å². The molecule has 0 bridgehead atoms. The molecule has 7 heterocycles. The monoisotopic (exact) mass is 1920 g/mol. The smallest absolute Gasteiger partial charge is 0.308 e. The highest BCUT2D eigenvalue weighted by atomic mass is 35.5. The number of alkyl halides is 2. The van der Waals surface area contributed by atoms with Crippen molar-refractivity contribution in [1.82, 2.24) is 30.7 Å². The number of likely N-dealkylation sites (tertiary alicyclic amines) is 2. The zero-order valence-electron chi connectivity index (χ0n) is 73.4. The van der Waals surface area contributed by atoms with Crippen molar-refractivity contribution < 1.29 is 106 Å². The van der Waals surface area contributed by atoms with Crippen molar-refractivity contribution in [2.24, 2.45) is 5.92 Å². The van der Waals surface area contributed by atoms with Gasteiger partial charge in [0.15, 0.2) is 5.78 Å². The Morgan fingerprint density at radius 3 is 1.50 bits per heavy atom. The molecule has 1 spiro atoms. The molecular weight excluding hydrogens is 1810 g/mol. The number of rotatable bonds is 21. The molecule has 8 atom stereocenters. The SMILES string of the molecule is CC(=O)NC(C)(C)[C@@H]1CC2(CCNCC2)c2cc(Cl)c(C)cc21.Cl.N#CCCN(C[C@@H](O)c1ccc(F)cc1F)C1CCOCC1.O=C(CCl)c1ccc(F)cc1F.O=C(O)[C@@H]1CN(C2CCOCC2)C[C@H]1c1ccc(F)cc1F.O[C@H](CCl)c1ccc(F)cc1F.O[C@H](CNC1CCOCC1)c1ccc(F)cc1F.[C-]#[N+]C1CN(C2CCOCC2)C[C@H]1c1ccc(F)cc1F. The third kappa shape index (κ3) is 31.3. The van der Waals surface area contributed by atoms with Gasteiger partial charge in [0.2, 0.25) is 11.9 Å². The number of aliphatic hydroxyl groups is 3. The fourth-order valence-corrected chi connectivity index (χ4v) is 18.5. The number of nitriles is 1. The molecule has 7 aromatic carbocycles. The van der Waals surface area contributed by atoms with Crippen LogP contribution in [0, 0.1) is 101 Å². The van der Waals surface area contributed by atoms with Gasteiger partial charge in [-0.3, -0.25) is 29.1 Å². The Labute approximate surface area is 778 Å². The Morgan fingerprint density at radius 1 is 0.595 bits per heavy atom. The third-order valence-corrected chi connectivity index (χ3v) is 25.9. The summed E-state index contributed by atoms with van der Waals surface area (Å²) in [6.45, 7) is 26.2. The second-order valence-electron chi connectivity index (χ2n) is 34.1. The first kappa shape index (κ1) is 108. The Hall–Kier alpha value is -8.03.